The van der Waals surface area contributed by atoms with Gasteiger partial charge in [-0.25, -0.2) is 0 Å². The number of likely N-dealkylation sites (tertiary alicyclic amines) is 1. The Morgan fingerprint density at radius 3 is 2.60 bits per heavy atom. The highest BCUT2D eigenvalue weighted by Gasteiger charge is 2.25. The molecule has 0 aromatic carbocycles. The van der Waals surface area contributed by atoms with Gasteiger partial charge < -0.3 is 10.2 Å². The molecule has 15 heavy (non-hydrogen) atoms. The fraction of sp³-hybridized carbons (Fsp3) is 0.455. The summed E-state index contributed by atoms with van der Waals surface area (Å²) in [6.45, 7) is 7.50. The van der Waals surface area contributed by atoms with Gasteiger partial charge in [-0.05, 0) is 31.4 Å². The van der Waals surface area contributed by atoms with E-state index in [9.17, 15) is 9.59 Å². The van der Waals surface area contributed by atoms with Gasteiger partial charge in [-0.15, -0.1) is 0 Å². The first-order valence-corrected chi connectivity index (χ1v) is 5.05. The summed E-state index contributed by atoms with van der Waals surface area (Å²) in [5, 5.41) is 2.73. The summed E-state index contributed by atoms with van der Waals surface area (Å²) in [6.07, 6.45) is 5.06. The molecule has 2 amide bonds. The molecule has 1 atom stereocenters. The first-order chi connectivity index (χ1) is 7.19. The lowest BCUT2D eigenvalue weighted by Gasteiger charge is -2.35. The van der Waals surface area contributed by atoms with Crippen molar-refractivity contribution in [2.75, 3.05) is 6.54 Å². The molecule has 1 heterocycles. The predicted octanol–water partition coefficient (Wildman–Crippen LogP) is 0.813. The van der Waals surface area contributed by atoms with Gasteiger partial charge >= 0.3 is 0 Å². The molecule has 1 N–H and O–H groups in total. The van der Waals surface area contributed by atoms with Gasteiger partial charge in [-0.1, -0.05) is 13.2 Å². The zero-order valence-corrected chi connectivity index (χ0v) is 8.74. The molecule has 1 fully saturated rings. The van der Waals surface area contributed by atoms with Crippen LogP contribution in [0.5, 0.6) is 0 Å². The van der Waals surface area contributed by atoms with E-state index in [0.717, 1.165) is 19.3 Å². The monoisotopic (exact) mass is 208 g/mol. The Morgan fingerprint density at radius 2 is 2.00 bits per heavy atom. The molecule has 1 rings (SSSR count). The Bertz CT molecular complexity index is 286. The number of piperidine rings is 1. The second-order valence-electron chi connectivity index (χ2n) is 3.46. The molecule has 0 aromatic heterocycles. The third kappa shape index (κ3) is 2.94. The van der Waals surface area contributed by atoms with Crippen LogP contribution in [0.4, 0.5) is 0 Å². The van der Waals surface area contributed by atoms with Crippen molar-refractivity contribution in [1.82, 2.24) is 10.2 Å². The Labute approximate surface area is 89.6 Å². The van der Waals surface area contributed by atoms with Crippen molar-refractivity contribution in [1.29, 1.82) is 0 Å². The number of nitrogens with zero attached hydrogens (tertiary/aromatic N) is 1. The van der Waals surface area contributed by atoms with Crippen LogP contribution >= 0.6 is 0 Å². The minimum absolute atomic E-state index is 0.135. The lowest BCUT2D eigenvalue weighted by molar-refractivity contribution is -0.131. The van der Waals surface area contributed by atoms with Crippen LogP contribution < -0.4 is 5.32 Å². The second-order valence-corrected chi connectivity index (χ2v) is 3.46. The van der Waals surface area contributed by atoms with E-state index in [1.807, 2.05) is 0 Å². The molecule has 0 radical (unpaired) electrons. The molecule has 0 aromatic rings. The van der Waals surface area contributed by atoms with E-state index in [4.69, 9.17) is 0 Å². The van der Waals surface area contributed by atoms with E-state index in [0.29, 0.717) is 6.54 Å². The Morgan fingerprint density at radius 1 is 1.27 bits per heavy atom. The van der Waals surface area contributed by atoms with Crippen LogP contribution in [-0.2, 0) is 9.59 Å². The van der Waals surface area contributed by atoms with Gasteiger partial charge in [0.15, 0.2) is 0 Å². The first-order valence-electron chi connectivity index (χ1n) is 5.05. The van der Waals surface area contributed by atoms with E-state index in [2.05, 4.69) is 18.5 Å². The highest BCUT2D eigenvalue weighted by molar-refractivity contribution is 5.89. The minimum Gasteiger partial charge on any atom is -0.332 e. The molecule has 0 aliphatic carbocycles. The van der Waals surface area contributed by atoms with Crippen molar-refractivity contribution in [3.05, 3.63) is 25.3 Å². The van der Waals surface area contributed by atoms with Crippen LogP contribution in [0, 0.1) is 0 Å². The molecule has 1 aliphatic rings. The van der Waals surface area contributed by atoms with Crippen molar-refractivity contribution in [2.45, 2.75) is 25.4 Å². The van der Waals surface area contributed by atoms with Crippen LogP contribution in [0.1, 0.15) is 19.3 Å². The van der Waals surface area contributed by atoms with E-state index in [1.54, 1.807) is 4.90 Å². The SMILES string of the molecule is C=CC(=O)NC1CCCCN1C(=O)C=C. The fourth-order valence-electron chi connectivity index (χ4n) is 1.69. The largest absolute Gasteiger partial charge is 0.332 e. The zero-order chi connectivity index (χ0) is 11.3. The standard InChI is InChI=1S/C11H16N2O2/c1-3-10(14)12-9-7-5-6-8-13(9)11(15)4-2/h3-4,9H,1-2,5-8H2,(H,12,14). The van der Waals surface area contributed by atoms with Crippen LogP contribution in [-0.4, -0.2) is 29.4 Å². The van der Waals surface area contributed by atoms with Gasteiger partial charge in [-0.3, -0.25) is 9.59 Å². The summed E-state index contributed by atoms with van der Waals surface area (Å²) in [4.78, 5) is 24.3. The van der Waals surface area contributed by atoms with Gasteiger partial charge in [0.05, 0.1) is 0 Å². The quantitative estimate of drug-likeness (QED) is 0.698. The molecule has 4 heteroatoms. The number of nitrogens with one attached hydrogen (secondary N) is 1. The maximum Gasteiger partial charge on any atom is 0.247 e. The van der Waals surface area contributed by atoms with Gasteiger partial charge in [0.25, 0.3) is 0 Å². The van der Waals surface area contributed by atoms with Crippen LogP contribution in [0.15, 0.2) is 25.3 Å². The lowest BCUT2D eigenvalue weighted by atomic mass is 10.1. The lowest BCUT2D eigenvalue weighted by Crippen LogP contribution is -2.52. The highest BCUT2D eigenvalue weighted by atomic mass is 16.2. The molecule has 1 saturated heterocycles. The van der Waals surface area contributed by atoms with Gasteiger partial charge in [-0.2, -0.15) is 0 Å². The van der Waals surface area contributed by atoms with Gasteiger partial charge in [0, 0.05) is 6.54 Å². The molecule has 1 aliphatic heterocycles. The molecule has 0 spiro atoms. The normalized spacial score (nSPS) is 20.5. The summed E-state index contributed by atoms with van der Waals surface area (Å²) in [6, 6.07) is 0. The highest BCUT2D eigenvalue weighted by Crippen LogP contribution is 2.15. The average molecular weight is 208 g/mol. The average Bonchev–Trinajstić information content (AvgIpc) is 2.28. The fourth-order valence-corrected chi connectivity index (χ4v) is 1.69. The minimum atomic E-state index is -0.247. The Kier molecular flexibility index (Phi) is 4.09. The smallest absolute Gasteiger partial charge is 0.247 e. The molecular weight excluding hydrogens is 192 g/mol. The summed E-state index contributed by atoms with van der Waals surface area (Å²) < 4.78 is 0. The van der Waals surface area contributed by atoms with Crippen LogP contribution in [0.25, 0.3) is 0 Å². The topological polar surface area (TPSA) is 49.4 Å². The first kappa shape index (κ1) is 11.5. The number of carbonyl (C=O) groups excluding carboxylic acids is 2. The maximum absolute atomic E-state index is 11.5. The molecule has 82 valence electrons. The Hall–Kier alpha value is -1.58. The second kappa shape index (κ2) is 5.34. The number of amides is 2. The van der Waals surface area contributed by atoms with Crippen molar-refractivity contribution < 1.29 is 9.59 Å². The Balaban J connectivity index is 2.64. The summed E-state index contributed by atoms with van der Waals surface area (Å²) in [5.74, 6) is -0.382. The third-order valence-corrected chi connectivity index (χ3v) is 2.45. The van der Waals surface area contributed by atoms with E-state index < -0.39 is 0 Å². The van der Waals surface area contributed by atoms with Crippen molar-refractivity contribution in [2.24, 2.45) is 0 Å². The van der Waals surface area contributed by atoms with Crippen LogP contribution in [0.2, 0.25) is 0 Å². The van der Waals surface area contributed by atoms with Crippen LogP contribution in [0.3, 0.4) is 0 Å². The number of rotatable bonds is 3. The summed E-state index contributed by atoms with van der Waals surface area (Å²) in [7, 11) is 0. The van der Waals surface area contributed by atoms with E-state index in [1.165, 1.54) is 12.2 Å². The third-order valence-electron chi connectivity index (χ3n) is 2.45. The summed E-state index contributed by atoms with van der Waals surface area (Å²) in [5.41, 5.74) is 0. The number of carbonyl (C=O) groups is 2. The zero-order valence-electron chi connectivity index (χ0n) is 8.74. The van der Waals surface area contributed by atoms with E-state index >= 15 is 0 Å². The molecule has 1 unspecified atom stereocenters. The van der Waals surface area contributed by atoms with Gasteiger partial charge in [0.1, 0.15) is 6.17 Å². The van der Waals surface area contributed by atoms with E-state index in [-0.39, 0.29) is 18.0 Å². The molecule has 0 bridgehead atoms. The van der Waals surface area contributed by atoms with Crippen molar-refractivity contribution >= 4 is 11.8 Å². The molecule has 4 nitrogen and oxygen atoms in total. The van der Waals surface area contributed by atoms with Gasteiger partial charge in [0.2, 0.25) is 11.8 Å². The molecule has 0 saturated carbocycles. The number of hydrogen-bond donors (Lipinski definition) is 1. The molecular formula is C11H16N2O2. The summed E-state index contributed by atoms with van der Waals surface area (Å²) >= 11 is 0. The number of hydrogen-bond acceptors (Lipinski definition) is 2. The predicted molar refractivity (Wildman–Crippen MR) is 57.9 cm³/mol. The van der Waals surface area contributed by atoms with Crippen molar-refractivity contribution in [3.63, 3.8) is 0 Å². The van der Waals surface area contributed by atoms with Crippen molar-refractivity contribution in [3.8, 4) is 0 Å². The maximum atomic E-state index is 11.5.